The van der Waals surface area contributed by atoms with Crippen LogP contribution in [0.4, 0.5) is 0 Å². The number of nitriles is 1. The molecule has 0 unspecified atom stereocenters. The quantitative estimate of drug-likeness (QED) is 0.826. The van der Waals surface area contributed by atoms with Gasteiger partial charge in [0.15, 0.2) is 0 Å². The van der Waals surface area contributed by atoms with Gasteiger partial charge in [-0.25, -0.2) is 8.42 Å². The largest absolute Gasteiger partial charge is 0.300 e. The molecule has 0 radical (unpaired) electrons. The third-order valence-corrected chi connectivity index (χ3v) is 5.75. The first-order valence-corrected chi connectivity index (χ1v) is 8.70. The number of hydrogen-bond donors (Lipinski definition) is 0. The first kappa shape index (κ1) is 16.0. The normalized spacial score (nSPS) is 17.5. The van der Waals surface area contributed by atoms with E-state index in [2.05, 4.69) is 11.0 Å². The van der Waals surface area contributed by atoms with Crippen LogP contribution < -0.4 is 0 Å². The van der Waals surface area contributed by atoms with Crippen LogP contribution in [0.25, 0.3) is 0 Å². The van der Waals surface area contributed by atoms with Gasteiger partial charge in [-0.1, -0.05) is 19.1 Å². The molecule has 1 aromatic carbocycles. The molecule has 5 nitrogen and oxygen atoms in total. The van der Waals surface area contributed by atoms with Gasteiger partial charge in [0.25, 0.3) is 0 Å². The van der Waals surface area contributed by atoms with Crippen LogP contribution in [-0.2, 0) is 16.4 Å². The van der Waals surface area contributed by atoms with Gasteiger partial charge in [0.1, 0.15) is 0 Å². The zero-order valence-electron chi connectivity index (χ0n) is 12.3. The minimum atomic E-state index is -3.39. The molecule has 0 atom stereocenters. The zero-order chi connectivity index (χ0) is 15.3. The highest BCUT2D eigenvalue weighted by Gasteiger charge is 2.28. The SMILES string of the molecule is CCc1ccc(S(=O)(=O)N2CCN(CCC#N)CC2)cc1. The predicted octanol–water partition coefficient (Wildman–Crippen LogP) is 1.47. The van der Waals surface area contributed by atoms with Crippen molar-refractivity contribution in [1.29, 1.82) is 5.26 Å². The Labute approximate surface area is 126 Å². The highest BCUT2D eigenvalue weighted by Crippen LogP contribution is 2.18. The standard InChI is InChI=1S/C15H21N3O2S/c1-2-14-4-6-15(7-5-14)21(19,20)18-12-10-17(11-13-18)9-3-8-16/h4-7H,2-3,9-13H2,1H3. The van der Waals surface area contributed by atoms with Gasteiger partial charge < -0.3 is 0 Å². The summed E-state index contributed by atoms with van der Waals surface area (Å²) < 4.78 is 26.7. The van der Waals surface area contributed by atoms with Crippen molar-refractivity contribution in [3.63, 3.8) is 0 Å². The fraction of sp³-hybridized carbons (Fsp3) is 0.533. The topological polar surface area (TPSA) is 64.4 Å². The van der Waals surface area contributed by atoms with Gasteiger partial charge in [-0.05, 0) is 24.1 Å². The van der Waals surface area contributed by atoms with Crippen LogP contribution in [0.2, 0.25) is 0 Å². The maximum atomic E-state index is 12.6. The first-order valence-electron chi connectivity index (χ1n) is 7.26. The summed E-state index contributed by atoms with van der Waals surface area (Å²) in [5.74, 6) is 0. The van der Waals surface area contributed by atoms with E-state index in [1.807, 2.05) is 19.1 Å². The number of piperazine rings is 1. The molecule has 1 fully saturated rings. The van der Waals surface area contributed by atoms with Gasteiger partial charge in [0, 0.05) is 39.1 Å². The van der Waals surface area contributed by atoms with E-state index in [0.717, 1.165) is 18.5 Å². The summed E-state index contributed by atoms with van der Waals surface area (Å²) in [6.07, 6.45) is 1.39. The highest BCUT2D eigenvalue weighted by atomic mass is 32.2. The maximum Gasteiger partial charge on any atom is 0.243 e. The summed E-state index contributed by atoms with van der Waals surface area (Å²) in [4.78, 5) is 2.50. The van der Waals surface area contributed by atoms with E-state index in [1.54, 1.807) is 12.1 Å². The van der Waals surface area contributed by atoms with E-state index in [9.17, 15) is 8.42 Å². The monoisotopic (exact) mass is 307 g/mol. The lowest BCUT2D eigenvalue weighted by atomic mass is 10.2. The van der Waals surface area contributed by atoms with E-state index in [-0.39, 0.29) is 0 Å². The summed E-state index contributed by atoms with van der Waals surface area (Å²) in [6, 6.07) is 9.24. The van der Waals surface area contributed by atoms with Crippen LogP contribution in [0.15, 0.2) is 29.2 Å². The average Bonchev–Trinajstić information content (AvgIpc) is 2.53. The molecule has 1 aliphatic heterocycles. The van der Waals surface area contributed by atoms with E-state index >= 15 is 0 Å². The molecule has 1 heterocycles. The molecule has 0 amide bonds. The number of rotatable bonds is 5. The van der Waals surface area contributed by atoms with Crippen LogP contribution in [0.5, 0.6) is 0 Å². The van der Waals surface area contributed by atoms with Crippen molar-refractivity contribution in [3.8, 4) is 6.07 Å². The molecule has 0 bridgehead atoms. The molecule has 1 saturated heterocycles. The first-order chi connectivity index (χ1) is 10.1. The van der Waals surface area contributed by atoms with Crippen molar-refractivity contribution in [3.05, 3.63) is 29.8 Å². The van der Waals surface area contributed by atoms with Gasteiger partial charge in [-0.2, -0.15) is 9.57 Å². The molecule has 2 rings (SSSR count). The second-order valence-electron chi connectivity index (χ2n) is 5.15. The molecule has 21 heavy (non-hydrogen) atoms. The number of hydrogen-bond acceptors (Lipinski definition) is 4. The van der Waals surface area contributed by atoms with E-state index in [1.165, 1.54) is 4.31 Å². The van der Waals surface area contributed by atoms with Crippen molar-refractivity contribution < 1.29 is 8.42 Å². The van der Waals surface area contributed by atoms with E-state index in [0.29, 0.717) is 37.5 Å². The highest BCUT2D eigenvalue weighted by molar-refractivity contribution is 7.89. The van der Waals surface area contributed by atoms with Crippen molar-refractivity contribution >= 4 is 10.0 Å². The van der Waals surface area contributed by atoms with Crippen LogP contribution in [0.1, 0.15) is 18.9 Å². The second-order valence-corrected chi connectivity index (χ2v) is 7.09. The predicted molar refractivity (Wildman–Crippen MR) is 81.2 cm³/mol. The lowest BCUT2D eigenvalue weighted by Gasteiger charge is -2.33. The Morgan fingerprint density at radius 3 is 2.29 bits per heavy atom. The molecule has 0 aliphatic carbocycles. The van der Waals surface area contributed by atoms with Gasteiger partial charge in [0.05, 0.1) is 11.0 Å². The van der Waals surface area contributed by atoms with Gasteiger partial charge >= 0.3 is 0 Å². The van der Waals surface area contributed by atoms with Crippen molar-refractivity contribution in [2.45, 2.75) is 24.7 Å². The van der Waals surface area contributed by atoms with Crippen molar-refractivity contribution in [2.24, 2.45) is 0 Å². The molecule has 0 N–H and O–H groups in total. The lowest BCUT2D eigenvalue weighted by Crippen LogP contribution is -2.48. The molecule has 114 valence electrons. The van der Waals surface area contributed by atoms with E-state index < -0.39 is 10.0 Å². The summed E-state index contributed by atoms with van der Waals surface area (Å²) in [6.45, 7) is 5.12. The fourth-order valence-electron chi connectivity index (χ4n) is 2.45. The van der Waals surface area contributed by atoms with Gasteiger partial charge in [-0.15, -0.1) is 0 Å². The molecular formula is C15H21N3O2S. The minimum Gasteiger partial charge on any atom is -0.300 e. The Morgan fingerprint density at radius 2 is 1.76 bits per heavy atom. The Balaban J connectivity index is 2.02. The molecule has 0 aromatic heterocycles. The third-order valence-electron chi connectivity index (χ3n) is 3.84. The van der Waals surface area contributed by atoms with Crippen LogP contribution in [-0.4, -0.2) is 50.3 Å². The number of nitrogens with zero attached hydrogens (tertiary/aromatic N) is 3. The number of sulfonamides is 1. The lowest BCUT2D eigenvalue weighted by molar-refractivity contribution is 0.191. The fourth-order valence-corrected chi connectivity index (χ4v) is 3.87. The third kappa shape index (κ3) is 3.82. The summed E-state index contributed by atoms with van der Waals surface area (Å²) >= 11 is 0. The van der Waals surface area contributed by atoms with Crippen LogP contribution in [0.3, 0.4) is 0 Å². The van der Waals surface area contributed by atoms with E-state index in [4.69, 9.17) is 5.26 Å². The smallest absolute Gasteiger partial charge is 0.243 e. The molecule has 0 saturated carbocycles. The summed E-state index contributed by atoms with van der Waals surface area (Å²) in [5, 5.41) is 8.59. The number of benzene rings is 1. The average molecular weight is 307 g/mol. The zero-order valence-corrected chi connectivity index (χ0v) is 13.1. The molecule has 1 aliphatic rings. The number of aryl methyl sites for hydroxylation is 1. The molecular weight excluding hydrogens is 286 g/mol. The molecule has 6 heteroatoms. The maximum absolute atomic E-state index is 12.6. The Morgan fingerprint density at radius 1 is 1.14 bits per heavy atom. The van der Waals surface area contributed by atoms with Crippen LogP contribution >= 0.6 is 0 Å². The van der Waals surface area contributed by atoms with Gasteiger partial charge in [0.2, 0.25) is 10.0 Å². The Bertz CT molecular complexity index is 597. The Hall–Kier alpha value is -1.42. The van der Waals surface area contributed by atoms with Crippen LogP contribution in [0, 0.1) is 11.3 Å². The molecule has 0 spiro atoms. The Kier molecular flexibility index (Phi) is 5.34. The van der Waals surface area contributed by atoms with Crippen molar-refractivity contribution in [2.75, 3.05) is 32.7 Å². The van der Waals surface area contributed by atoms with Crippen molar-refractivity contribution in [1.82, 2.24) is 9.21 Å². The second kappa shape index (κ2) is 7.03. The minimum absolute atomic E-state index is 0.366. The summed E-state index contributed by atoms with van der Waals surface area (Å²) in [5.41, 5.74) is 1.13. The van der Waals surface area contributed by atoms with Gasteiger partial charge in [-0.3, -0.25) is 4.90 Å². The summed E-state index contributed by atoms with van der Waals surface area (Å²) in [7, 11) is -3.39. The molecule has 1 aromatic rings.